The van der Waals surface area contributed by atoms with Crippen molar-refractivity contribution in [1.29, 1.82) is 0 Å². The highest BCUT2D eigenvalue weighted by Crippen LogP contribution is 2.28. The SMILES string of the molecule is CCCCN(CCCC)O[PH](=O)ON(CCCC)CCCC. The van der Waals surface area contributed by atoms with E-state index < -0.39 is 8.25 Å². The van der Waals surface area contributed by atoms with E-state index in [4.69, 9.17) is 9.25 Å². The van der Waals surface area contributed by atoms with Gasteiger partial charge >= 0.3 is 8.25 Å². The molecule has 0 radical (unpaired) electrons. The van der Waals surface area contributed by atoms with Crippen molar-refractivity contribution in [2.45, 2.75) is 79.1 Å². The van der Waals surface area contributed by atoms with Crippen molar-refractivity contribution in [1.82, 2.24) is 10.1 Å². The summed E-state index contributed by atoms with van der Waals surface area (Å²) in [6, 6.07) is 0. The number of hydroxylamine groups is 4. The predicted molar refractivity (Wildman–Crippen MR) is 93.9 cm³/mol. The topological polar surface area (TPSA) is 42.0 Å². The van der Waals surface area contributed by atoms with Gasteiger partial charge in [0, 0.05) is 26.2 Å². The third-order valence-electron chi connectivity index (χ3n) is 3.45. The lowest BCUT2D eigenvalue weighted by Gasteiger charge is -2.24. The highest BCUT2D eigenvalue weighted by molar-refractivity contribution is 7.33. The van der Waals surface area contributed by atoms with Gasteiger partial charge in [-0.3, -0.25) is 4.57 Å². The van der Waals surface area contributed by atoms with E-state index in [9.17, 15) is 4.57 Å². The molecule has 0 N–H and O–H groups in total. The zero-order valence-electron chi connectivity index (χ0n) is 15.1. The van der Waals surface area contributed by atoms with E-state index in [2.05, 4.69) is 27.7 Å². The fourth-order valence-electron chi connectivity index (χ4n) is 1.97. The molecule has 0 aromatic heterocycles. The molecule has 0 bridgehead atoms. The van der Waals surface area contributed by atoms with Crippen LogP contribution in [0.1, 0.15) is 79.1 Å². The summed E-state index contributed by atoms with van der Waals surface area (Å²) >= 11 is 0. The Morgan fingerprint density at radius 1 is 0.636 bits per heavy atom. The van der Waals surface area contributed by atoms with Crippen LogP contribution >= 0.6 is 8.25 Å². The van der Waals surface area contributed by atoms with Crippen LogP contribution in [0.4, 0.5) is 0 Å². The Kier molecular flexibility index (Phi) is 16.0. The average Bonchev–Trinajstić information content (AvgIpc) is 2.52. The molecule has 0 rings (SSSR count). The Labute approximate surface area is 138 Å². The zero-order valence-corrected chi connectivity index (χ0v) is 16.1. The fourth-order valence-corrected chi connectivity index (χ4v) is 2.79. The molecule has 0 heterocycles. The molecule has 0 fully saturated rings. The monoisotopic (exact) mass is 336 g/mol. The zero-order chi connectivity index (χ0) is 16.6. The van der Waals surface area contributed by atoms with Crippen LogP contribution in [0, 0.1) is 0 Å². The summed E-state index contributed by atoms with van der Waals surface area (Å²) in [7, 11) is -2.51. The minimum atomic E-state index is -2.51. The fraction of sp³-hybridized carbons (Fsp3) is 1.00. The van der Waals surface area contributed by atoms with Crippen LogP contribution in [0.15, 0.2) is 0 Å². The first-order valence-electron chi connectivity index (χ1n) is 9.07. The van der Waals surface area contributed by atoms with Crippen LogP contribution in [0.5, 0.6) is 0 Å². The molecular weight excluding hydrogens is 299 g/mol. The molecule has 0 aliphatic heterocycles. The summed E-state index contributed by atoms with van der Waals surface area (Å²) in [4.78, 5) is 0. The third kappa shape index (κ3) is 12.6. The molecule has 134 valence electrons. The number of hydrogen-bond acceptors (Lipinski definition) is 5. The smallest absolute Gasteiger partial charge is 0.260 e. The summed E-state index contributed by atoms with van der Waals surface area (Å²) in [5.74, 6) is 0. The molecule has 6 heteroatoms. The maximum atomic E-state index is 12.2. The van der Waals surface area contributed by atoms with Gasteiger partial charge < -0.3 is 0 Å². The van der Waals surface area contributed by atoms with Crippen molar-refractivity contribution in [3.63, 3.8) is 0 Å². The number of nitrogens with zero attached hydrogens (tertiary/aromatic N) is 2. The second-order valence-corrected chi connectivity index (χ2v) is 6.57. The van der Waals surface area contributed by atoms with E-state index in [0.717, 1.165) is 77.5 Å². The van der Waals surface area contributed by atoms with Crippen LogP contribution in [-0.2, 0) is 13.8 Å². The standard InChI is InChI=1S/C16H37N2O3P/c1-5-9-13-17(14-10-6-2)20-22(19)21-18(15-11-7-3)16-12-8-4/h22H,5-16H2,1-4H3. The van der Waals surface area contributed by atoms with Gasteiger partial charge in [-0.2, -0.15) is 10.1 Å². The number of hydrogen-bond donors (Lipinski definition) is 0. The predicted octanol–water partition coefficient (Wildman–Crippen LogP) is 5.04. The molecule has 0 amide bonds. The van der Waals surface area contributed by atoms with E-state index in [0.29, 0.717) is 0 Å². The van der Waals surface area contributed by atoms with Crippen LogP contribution < -0.4 is 0 Å². The Morgan fingerprint density at radius 3 is 1.14 bits per heavy atom. The summed E-state index contributed by atoms with van der Waals surface area (Å²) < 4.78 is 23.3. The first-order valence-corrected chi connectivity index (χ1v) is 10.3. The van der Waals surface area contributed by atoms with Gasteiger partial charge in [-0.1, -0.05) is 53.4 Å². The summed E-state index contributed by atoms with van der Waals surface area (Å²) in [6.07, 6.45) is 8.62. The molecule has 0 aliphatic rings. The average molecular weight is 336 g/mol. The maximum absolute atomic E-state index is 12.2. The van der Waals surface area contributed by atoms with Gasteiger partial charge in [0.05, 0.1) is 0 Å². The van der Waals surface area contributed by atoms with E-state index in [1.54, 1.807) is 0 Å². The van der Waals surface area contributed by atoms with Crippen molar-refractivity contribution >= 4 is 8.25 Å². The molecule has 0 saturated heterocycles. The molecule has 0 aromatic carbocycles. The van der Waals surface area contributed by atoms with E-state index in [1.165, 1.54) is 0 Å². The molecule has 0 aromatic rings. The van der Waals surface area contributed by atoms with E-state index >= 15 is 0 Å². The van der Waals surface area contributed by atoms with Crippen molar-refractivity contribution < 1.29 is 13.8 Å². The van der Waals surface area contributed by atoms with Gasteiger partial charge in [0.25, 0.3) is 0 Å². The van der Waals surface area contributed by atoms with Crippen molar-refractivity contribution in [3.8, 4) is 0 Å². The van der Waals surface area contributed by atoms with Crippen molar-refractivity contribution in [2.75, 3.05) is 26.2 Å². The minimum Gasteiger partial charge on any atom is -0.260 e. The van der Waals surface area contributed by atoms with Crippen molar-refractivity contribution in [3.05, 3.63) is 0 Å². The Hall–Kier alpha value is 0.0700. The van der Waals surface area contributed by atoms with Crippen LogP contribution in [0.3, 0.4) is 0 Å². The summed E-state index contributed by atoms with van der Waals surface area (Å²) in [5, 5.41) is 3.65. The summed E-state index contributed by atoms with van der Waals surface area (Å²) in [5.41, 5.74) is 0. The largest absolute Gasteiger partial charge is 0.352 e. The van der Waals surface area contributed by atoms with Crippen LogP contribution in [-0.4, -0.2) is 36.3 Å². The quantitative estimate of drug-likeness (QED) is 0.292. The Bertz CT molecular complexity index is 228. The minimum absolute atomic E-state index is 0.820. The second-order valence-electron chi connectivity index (χ2n) is 5.70. The lowest BCUT2D eigenvalue weighted by molar-refractivity contribution is -0.115. The molecule has 22 heavy (non-hydrogen) atoms. The highest BCUT2D eigenvalue weighted by atomic mass is 31.1. The van der Waals surface area contributed by atoms with Gasteiger partial charge in [0.1, 0.15) is 0 Å². The molecule has 5 nitrogen and oxygen atoms in total. The van der Waals surface area contributed by atoms with Gasteiger partial charge in [0.15, 0.2) is 0 Å². The summed E-state index contributed by atoms with van der Waals surface area (Å²) in [6.45, 7) is 11.9. The first-order chi connectivity index (χ1) is 10.7. The van der Waals surface area contributed by atoms with Gasteiger partial charge in [-0.25, -0.2) is 9.25 Å². The number of rotatable bonds is 16. The molecule has 0 saturated carbocycles. The van der Waals surface area contributed by atoms with Gasteiger partial charge in [0.2, 0.25) is 0 Å². The molecule has 0 spiro atoms. The lowest BCUT2D eigenvalue weighted by atomic mass is 10.3. The molecule has 0 aliphatic carbocycles. The Balaban J connectivity index is 4.27. The third-order valence-corrected chi connectivity index (χ3v) is 4.27. The highest BCUT2D eigenvalue weighted by Gasteiger charge is 2.14. The van der Waals surface area contributed by atoms with E-state index in [-0.39, 0.29) is 0 Å². The Morgan fingerprint density at radius 2 is 0.909 bits per heavy atom. The van der Waals surface area contributed by atoms with Gasteiger partial charge in [-0.15, -0.1) is 0 Å². The normalized spacial score (nSPS) is 12.0. The van der Waals surface area contributed by atoms with Crippen molar-refractivity contribution in [2.24, 2.45) is 0 Å². The van der Waals surface area contributed by atoms with Gasteiger partial charge in [-0.05, 0) is 25.7 Å². The second kappa shape index (κ2) is 15.9. The van der Waals surface area contributed by atoms with Crippen LogP contribution in [0.2, 0.25) is 0 Å². The van der Waals surface area contributed by atoms with Crippen LogP contribution in [0.25, 0.3) is 0 Å². The molecular formula is C16H37N2O3P. The lowest BCUT2D eigenvalue weighted by Crippen LogP contribution is -2.27. The first kappa shape index (κ1) is 22.1. The maximum Gasteiger partial charge on any atom is 0.352 e. The molecule has 0 unspecified atom stereocenters. The van der Waals surface area contributed by atoms with E-state index in [1.807, 2.05) is 10.1 Å². The number of unbranched alkanes of at least 4 members (excludes halogenated alkanes) is 4. The molecule has 0 atom stereocenters.